The molecule has 2 heterocycles. The maximum absolute atomic E-state index is 12.5. The molecule has 2 aromatic carbocycles. The Labute approximate surface area is 189 Å². The summed E-state index contributed by atoms with van der Waals surface area (Å²) < 4.78 is 17.7. The standard InChI is InChI=1S/C24H22N4O5/c1-4-28-15(2)26-18-13-17(8-9-19(18)28)23(29)27-25-14-16-7-10-20(22(12-16)31-3)33-24(30)21-6-5-11-32-21/h5-14H,4H2,1-3H3,(H,27,29)/b25-14-. The highest BCUT2D eigenvalue weighted by Crippen LogP contribution is 2.28. The largest absolute Gasteiger partial charge is 0.493 e. The molecule has 1 N–H and O–H groups in total. The molecule has 0 atom stereocenters. The normalized spacial score (nSPS) is 11.1. The van der Waals surface area contributed by atoms with Crippen molar-refractivity contribution >= 4 is 29.1 Å². The fraction of sp³-hybridized carbons (Fsp3) is 0.167. The molecular weight excluding hydrogens is 424 g/mol. The predicted molar refractivity (Wildman–Crippen MR) is 122 cm³/mol. The van der Waals surface area contributed by atoms with Crippen molar-refractivity contribution in [1.29, 1.82) is 0 Å². The number of amides is 1. The van der Waals surface area contributed by atoms with E-state index in [1.807, 2.05) is 19.9 Å². The summed E-state index contributed by atoms with van der Waals surface area (Å²) in [7, 11) is 1.46. The van der Waals surface area contributed by atoms with Crippen molar-refractivity contribution in [2.45, 2.75) is 20.4 Å². The summed E-state index contributed by atoms with van der Waals surface area (Å²) in [5, 5.41) is 4.02. The van der Waals surface area contributed by atoms with E-state index in [1.54, 1.807) is 36.4 Å². The Morgan fingerprint density at radius 3 is 2.76 bits per heavy atom. The molecule has 0 aliphatic carbocycles. The first kappa shape index (κ1) is 21.8. The highest BCUT2D eigenvalue weighted by Gasteiger charge is 2.15. The van der Waals surface area contributed by atoms with E-state index in [1.165, 1.54) is 25.7 Å². The van der Waals surface area contributed by atoms with Crippen molar-refractivity contribution in [2.75, 3.05) is 7.11 Å². The van der Waals surface area contributed by atoms with Gasteiger partial charge < -0.3 is 18.5 Å². The number of furan rings is 1. The number of hydrazone groups is 1. The number of rotatable bonds is 7. The van der Waals surface area contributed by atoms with Crippen molar-refractivity contribution in [3.8, 4) is 11.5 Å². The molecule has 168 valence electrons. The Bertz CT molecular complexity index is 1340. The number of carbonyl (C=O) groups excluding carboxylic acids is 2. The summed E-state index contributed by atoms with van der Waals surface area (Å²) in [5.41, 5.74) is 5.34. The van der Waals surface area contributed by atoms with Gasteiger partial charge in [0.2, 0.25) is 5.76 Å². The third kappa shape index (κ3) is 4.62. The molecule has 33 heavy (non-hydrogen) atoms. The number of carbonyl (C=O) groups is 2. The van der Waals surface area contributed by atoms with Crippen molar-refractivity contribution in [3.05, 3.63) is 77.5 Å². The Hall–Kier alpha value is -4.40. The van der Waals surface area contributed by atoms with E-state index in [4.69, 9.17) is 13.9 Å². The van der Waals surface area contributed by atoms with E-state index in [-0.39, 0.29) is 17.4 Å². The zero-order chi connectivity index (χ0) is 23.4. The van der Waals surface area contributed by atoms with Crippen LogP contribution in [0, 0.1) is 6.92 Å². The van der Waals surface area contributed by atoms with Crippen LogP contribution in [0.5, 0.6) is 11.5 Å². The number of nitrogens with one attached hydrogen (secondary N) is 1. The van der Waals surface area contributed by atoms with Crippen molar-refractivity contribution < 1.29 is 23.5 Å². The molecule has 0 aliphatic rings. The highest BCUT2D eigenvalue weighted by molar-refractivity contribution is 5.98. The average molecular weight is 446 g/mol. The van der Waals surface area contributed by atoms with Crippen LogP contribution in [0.15, 0.2) is 64.3 Å². The predicted octanol–water partition coefficient (Wildman–Crippen LogP) is 3.95. The van der Waals surface area contributed by atoms with Crippen LogP contribution in [0.2, 0.25) is 0 Å². The molecule has 9 nitrogen and oxygen atoms in total. The van der Waals surface area contributed by atoms with E-state index < -0.39 is 5.97 Å². The van der Waals surface area contributed by atoms with Gasteiger partial charge in [0.05, 0.1) is 30.6 Å². The summed E-state index contributed by atoms with van der Waals surface area (Å²) in [6.07, 6.45) is 2.85. The van der Waals surface area contributed by atoms with Gasteiger partial charge in [0.1, 0.15) is 5.82 Å². The number of methoxy groups -OCH3 is 1. The minimum atomic E-state index is -0.636. The molecule has 4 aromatic rings. The molecule has 0 saturated heterocycles. The maximum atomic E-state index is 12.5. The lowest BCUT2D eigenvalue weighted by molar-refractivity contribution is 0.0696. The number of imidazole rings is 1. The Balaban J connectivity index is 1.44. The highest BCUT2D eigenvalue weighted by atomic mass is 16.6. The third-order valence-corrected chi connectivity index (χ3v) is 5.01. The van der Waals surface area contributed by atoms with Crippen LogP contribution < -0.4 is 14.9 Å². The zero-order valence-corrected chi connectivity index (χ0v) is 18.4. The molecule has 0 bridgehead atoms. The number of fused-ring (bicyclic) bond motifs is 1. The van der Waals surface area contributed by atoms with Crippen molar-refractivity contribution in [1.82, 2.24) is 15.0 Å². The minimum Gasteiger partial charge on any atom is -0.493 e. The number of ether oxygens (including phenoxy) is 2. The van der Waals surface area contributed by atoms with Gasteiger partial charge in [0.25, 0.3) is 5.91 Å². The Kier molecular flexibility index (Phi) is 6.21. The number of hydrogen-bond acceptors (Lipinski definition) is 7. The second-order valence-electron chi connectivity index (χ2n) is 7.08. The molecule has 0 unspecified atom stereocenters. The summed E-state index contributed by atoms with van der Waals surface area (Å²) in [6, 6.07) is 13.3. The van der Waals surface area contributed by atoms with Crippen LogP contribution in [0.1, 0.15) is 39.2 Å². The van der Waals surface area contributed by atoms with Gasteiger partial charge >= 0.3 is 5.97 Å². The molecule has 0 saturated carbocycles. The van der Waals surface area contributed by atoms with Crippen molar-refractivity contribution in [2.24, 2.45) is 5.10 Å². The van der Waals surface area contributed by atoms with Gasteiger partial charge in [-0.3, -0.25) is 4.79 Å². The minimum absolute atomic E-state index is 0.0835. The van der Waals surface area contributed by atoms with E-state index in [9.17, 15) is 9.59 Å². The topological polar surface area (TPSA) is 108 Å². The summed E-state index contributed by atoms with van der Waals surface area (Å²) in [5.74, 6) is 0.555. The van der Waals surface area contributed by atoms with Crippen LogP contribution >= 0.6 is 0 Å². The fourth-order valence-electron chi connectivity index (χ4n) is 3.41. The van der Waals surface area contributed by atoms with Gasteiger partial charge in [-0.2, -0.15) is 5.10 Å². The monoisotopic (exact) mass is 446 g/mol. The van der Waals surface area contributed by atoms with Crippen LogP contribution in [-0.2, 0) is 6.54 Å². The van der Waals surface area contributed by atoms with Crippen LogP contribution in [0.25, 0.3) is 11.0 Å². The second kappa shape index (κ2) is 9.39. The molecule has 0 aliphatic heterocycles. The SMILES string of the molecule is CCn1c(C)nc2cc(C(=O)N/N=C\c3ccc(OC(=O)c4ccco4)c(OC)c3)ccc21. The molecular formula is C24H22N4O5. The number of esters is 1. The number of hydrogen-bond donors (Lipinski definition) is 1. The van der Waals surface area contributed by atoms with E-state index >= 15 is 0 Å². The average Bonchev–Trinajstić information content (AvgIpc) is 3.46. The quantitative estimate of drug-likeness (QED) is 0.199. The van der Waals surface area contributed by atoms with E-state index in [2.05, 4.69) is 20.1 Å². The van der Waals surface area contributed by atoms with Crippen LogP contribution in [0.4, 0.5) is 0 Å². The van der Waals surface area contributed by atoms with Gasteiger partial charge in [0.15, 0.2) is 11.5 Å². The molecule has 2 aromatic heterocycles. The lowest BCUT2D eigenvalue weighted by Gasteiger charge is -2.09. The zero-order valence-electron chi connectivity index (χ0n) is 18.4. The second-order valence-corrected chi connectivity index (χ2v) is 7.08. The van der Waals surface area contributed by atoms with Gasteiger partial charge in [-0.25, -0.2) is 15.2 Å². The van der Waals surface area contributed by atoms with E-state index in [0.717, 1.165) is 23.4 Å². The van der Waals surface area contributed by atoms with Gasteiger partial charge in [-0.05, 0) is 67.9 Å². The van der Waals surface area contributed by atoms with Crippen LogP contribution in [0.3, 0.4) is 0 Å². The first-order valence-electron chi connectivity index (χ1n) is 10.2. The molecule has 1 amide bonds. The number of aromatic nitrogens is 2. The molecule has 0 spiro atoms. The van der Waals surface area contributed by atoms with Crippen molar-refractivity contribution in [3.63, 3.8) is 0 Å². The van der Waals surface area contributed by atoms with Gasteiger partial charge in [0, 0.05) is 12.1 Å². The Morgan fingerprint density at radius 1 is 1.18 bits per heavy atom. The number of benzene rings is 2. The molecule has 4 rings (SSSR count). The third-order valence-electron chi connectivity index (χ3n) is 5.01. The first-order chi connectivity index (χ1) is 16.0. The summed E-state index contributed by atoms with van der Waals surface area (Å²) in [4.78, 5) is 29.1. The van der Waals surface area contributed by atoms with Gasteiger partial charge in [-0.1, -0.05) is 0 Å². The first-order valence-corrected chi connectivity index (χ1v) is 10.2. The van der Waals surface area contributed by atoms with Crippen LogP contribution in [-0.4, -0.2) is 34.8 Å². The summed E-state index contributed by atoms with van der Waals surface area (Å²) >= 11 is 0. The smallest absolute Gasteiger partial charge is 0.379 e. The summed E-state index contributed by atoms with van der Waals surface area (Å²) in [6.45, 7) is 4.79. The number of nitrogens with zero attached hydrogens (tertiary/aromatic N) is 3. The van der Waals surface area contributed by atoms with Gasteiger partial charge in [-0.15, -0.1) is 0 Å². The molecule has 0 fully saturated rings. The maximum Gasteiger partial charge on any atom is 0.379 e. The molecule has 9 heteroatoms. The number of aryl methyl sites for hydroxylation is 2. The lowest BCUT2D eigenvalue weighted by atomic mass is 10.2. The van der Waals surface area contributed by atoms with E-state index in [0.29, 0.717) is 16.9 Å². The lowest BCUT2D eigenvalue weighted by Crippen LogP contribution is -2.17. The fourth-order valence-corrected chi connectivity index (χ4v) is 3.41. The molecule has 0 radical (unpaired) electrons. The Morgan fingerprint density at radius 2 is 2.03 bits per heavy atom.